The van der Waals surface area contributed by atoms with Crippen LogP contribution in [0.4, 0.5) is 18.9 Å². The minimum atomic E-state index is -4.79. The molecule has 13 heteroatoms. The number of benzene rings is 1. The number of fused-ring (bicyclic) bond motifs is 1. The van der Waals surface area contributed by atoms with Gasteiger partial charge in [-0.15, -0.1) is 0 Å². The minimum absolute atomic E-state index is 0.00779. The predicted molar refractivity (Wildman–Crippen MR) is 156 cm³/mol. The molecule has 0 aliphatic rings. The highest BCUT2D eigenvalue weighted by Gasteiger charge is 2.34. The summed E-state index contributed by atoms with van der Waals surface area (Å²) in [5, 5.41) is 10.3. The molecule has 4 amide bonds. The first-order valence-electron chi connectivity index (χ1n) is 14.2. The molecule has 1 aromatic heterocycles. The summed E-state index contributed by atoms with van der Waals surface area (Å²) in [7, 11) is 0. The first-order valence-corrected chi connectivity index (χ1v) is 14.2. The molecule has 1 aromatic carbocycles. The highest BCUT2D eigenvalue weighted by Crippen LogP contribution is 2.34. The van der Waals surface area contributed by atoms with E-state index in [1.54, 1.807) is 0 Å². The first kappa shape index (κ1) is 35.3. The van der Waals surface area contributed by atoms with Crippen molar-refractivity contribution in [3.8, 4) is 0 Å². The van der Waals surface area contributed by atoms with E-state index in [0.29, 0.717) is 12.5 Å². The predicted octanol–water partition coefficient (Wildman–Crippen LogP) is 4.36. The van der Waals surface area contributed by atoms with Crippen molar-refractivity contribution in [3.05, 3.63) is 40.2 Å². The number of carbonyl (C=O) groups excluding carboxylic acids is 4. The van der Waals surface area contributed by atoms with Crippen molar-refractivity contribution in [2.75, 3.05) is 5.32 Å². The summed E-state index contributed by atoms with van der Waals surface area (Å²) >= 11 is 0. The lowest BCUT2D eigenvalue weighted by Crippen LogP contribution is -2.56. The number of rotatable bonds is 13. The fourth-order valence-electron chi connectivity index (χ4n) is 4.60. The smallest absolute Gasteiger partial charge is 0.417 e. The highest BCUT2D eigenvalue weighted by atomic mass is 19.4. The zero-order valence-electron chi connectivity index (χ0n) is 25.5. The van der Waals surface area contributed by atoms with Crippen LogP contribution in [0.5, 0.6) is 0 Å². The van der Waals surface area contributed by atoms with Crippen LogP contribution >= 0.6 is 0 Å². The van der Waals surface area contributed by atoms with Crippen LogP contribution in [-0.4, -0.2) is 41.8 Å². The molecule has 0 aliphatic heterocycles. The highest BCUT2D eigenvalue weighted by molar-refractivity contribution is 6.00. The number of hydrogen-bond acceptors (Lipinski definition) is 6. The van der Waals surface area contributed by atoms with Gasteiger partial charge >= 0.3 is 11.8 Å². The topological polar surface area (TPSA) is 147 Å². The first-order chi connectivity index (χ1) is 19.9. The number of alkyl halides is 3. The average Bonchev–Trinajstić information content (AvgIpc) is 2.85. The third kappa shape index (κ3) is 11.0. The number of nitrogens with one attached hydrogen (secondary N) is 4. The van der Waals surface area contributed by atoms with Crippen molar-refractivity contribution < 1.29 is 36.8 Å². The largest absolute Gasteiger partial charge is 0.423 e. The molecule has 0 aliphatic carbocycles. The molecule has 0 saturated carbocycles. The molecule has 2 aromatic rings. The number of carbonyl (C=O) groups is 4. The van der Waals surface area contributed by atoms with Gasteiger partial charge in [0.05, 0.1) is 5.56 Å². The van der Waals surface area contributed by atoms with E-state index in [1.165, 1.54) is 13.0 Å². The third-order valence-electron chi connectivity index (χ3n) is 6.40. The monoisotopic (exact) mass is 610 g/mol. The van der Waals surface area contributed by atoms with Crippen LogP contribution in [0.2, 0.25) is 0 Å². The van der Waals surface area contributed by atoms with E-state index in [9.17, 15) is 37.1 Å². The summed E-state index contributed by atoms with van der Waals surface area (Å²) < 4.78 is 45.1. The van der Waals surface area contributed by atoms with Gasteiger partial charge in [-0.3, -0.25) is 19.2 Å². The van der Waals surface area contributed by atoms with Crippen LogP contribution in [-0.2, 0) is 25.4 Å². The van der Waals surface area contributed by atoms with Gasteiger partial charge in [0.25, 0.3) is 0 Å². The normalized spacial score (nSPS) is 14.0. The van der Waals surface area contributed by atoms with Gasteiger partial charge < -0.3 is 25.7 Å². The Kier molecular flexibility index (Phi) is 12.3. The van der Waals surface area contributed by atoms with Crippen LogP contribution in [0.15, 0.2) is 33.5 Å². The zero-order valence-corrected chi connectivity index (χ0v) is 25.5. The number of halogens is 3. The second-order valence-corrected chi connectivity index (χ2v) is 11.9. The Bertz CT molecular complexity index is 1370. The molecular weight excluding hydrogens is 569 g/mol. The van der Waals surface area contributed by atoms with Crippen LogP contribution in [0.1, 0.15) is 73.3 Å². The quantitative estimate of drug-likeness (QED) is 0.248. The standard InChI is InChI=1S/C30H41F3N4O6/c1-15(2)10-22(34-18(7)38)28(41)37-24(12-17(5)6)29(42)36-23(11-16(3)4)27(40)35-19-8-9-20-21(30(31,32)33)14-26(39)43-25(20)13-19/h8-9,13-17,22-24H,10-12H2,1-7H3,(H,34,38)(H,35,40)(H,36,42)(H,37,41)/t22-,23-,24-/m0/s1. The summed E-state index contributed by atoms with van der Waals surface area (Å²) in [6.45, 7) is 12.5. The molecule has 2 rings (SSSR count). The molecule has 10 nitrogen and oxygen atoms in total. The second kappa shape index (κ2) is 15.0. The SMILES string of the molecule is CC(=O)N[C@@H](CC(C)C)C(=O)N[C@@H](CC(C)C)C(=O)N[C@@H](CC(C)C)C(=O)Nc1ccc2c(C(F)(F)F)cc(=O)oc2c1. The van der Waals surface area contributed by atoms with Gasteiger partial charge in [-0.05, 0) is 49.1 Å². The van der Waals surface area contributed by atoms with Crippen LogP contribution in [0, 0.1) is 17.8 Å². The van der Waals surface area contributed by atoms with Crippen molar-refractivity contribution >= 4 is 40.3 Å². The Balaban J connectivity index is 2.30. The van der Waals surface area contributed by atoms with Gasteiger partial charge in [-0.2, -0.15) is 13.2 Å². The summed E-state index contributed by atoms with van der Waals surface area (Å²) in [4.78, 5) is 63.2. The fraction of sp³-hybridized carbons (Fsp3) is 0.567. The van der Waals surface area contributed by atoms with Crippen molar-refractivity contribution in [1.82, 2.24) is 16.0 Å². The van der Waals surface area contributed by atoms with E-state index in [2.05, 4.69) is 21.3 Å². The molecule has 4 N–H and O–H groups in total. The molecule has 0 fully saturated rings. The van der Waals surface area contributed by atoms with Gasteiger partial charge in [0.1, 0.15) is 23.7 Å². The van der Waals surface area contributed by atoms with Crippen LogP contribution in [0.25, 0.3) is 11.0 Å². The van der Waals surface area contributed by atoms with Gasteiger partial charge in [-0.1, -0.05) is 41.5 Å². The molecule has 0 bridgehead atoms. The van der Waals surface area contributed by atoms with Crippen molar-refractivity contribution in [2.24, 2.45) is 17.8 Å². The lowest BCUT2D eigenvalue weighted by molar-refractivity contribution is -0.136. The van der Waals surface area contributed by atoms with E-state index >= 15 is 0 Å². The van der Waals surface area contributed by atoms with E-state index in [1.807, 2.05) is 41.5 Å². The average molecular weight is 611 g/mol. The van der Waals surface area contributed by atoms with Crippen LogP contribution < -0.4 is 26.9 Å². The maximum Gasteiger partial charge on any atom is 0.417 e. The lowest BCUT2D eigenvalue weighted by atomic mass is 9.98. The lowest BCUT2D eigenvalue weighted by Gasteiger charge is -2.27. The number of hydrogen-bond donors (Lipinski definition) is 4. The molecule has 3 atom stereocenters. The molecule has 43 heavy (non-hydrogen) atoms. The third-order valence-corrected chi connectivity index (χ3v) is 6.40. The van der Waals surface area contributed by atoms with Gasteiger partial charge in [0, 0.05) is 30.1 Å². The summed E-state index contributed by atoms with van der Waals surface area (Å²) in [5.41, 5.74) is -2.66. The number of amides is 4. The Morgan fingerprint density at radius 1 is 0.744 bits per heavy atom. The van der Waals surface area contributed by atoms with Crippen molar-refractivity contribution in [3.63, 3.8) is 0 Å². The molecule has 0 saturated heterocycles. The van der Waals surface area contributed by atoms with Gasteiger partial charge in [-0.25, -0.2) is 4.79 Å². The fourth-order valence-corrected chi connectivity index (χ4v) is 4.60. The summed E-state index contributed by atoms with van der Waals surface area (Å²) in [6, 6.07) is 0.880. The minimum Gasteiger partial charge on any atom is -0.423 e. The van der Waals surface area contributed by atoms with E-state index in [4.69, 9.17) is 4.42 Å². The molecule has 0 radical (unpaired) electrons. The van der Waals surface area contributed by atoms with Crippen LogP contribution in [0.3, 0.4) is 0 Å². The summed E-state index contributed by atoms with van der Waals surface area (Å²) in [5.74, 6) is -2.14. The Morgan fingerprint density at radius 3 is 1.65 bits per heavy atom. The van der Waals surface area contributed by atoms with Gasteiger partial charge in [0.2, 0.25) is 23.6 Å². The van der Waals surface area contributed by atoms with Gasteiger partial charge in [0.15, 0.2) is 0 Å². The van der Waals surface area contributed by atoms with E-state index in [-0.39, 0.29) is 53.2 Å². The van der Waals surface area contributed by atoms with Crippen molar-refractivity contribution in [2.45, 2.75) is 92.0 Å². The summed E-state index contributed by atoms with van der Waals surface area (Å²) in [6.07, 6.45) is -3.96. The van der Waals surface area contributed by atoms with E-state index < -0.39 is 53.2 Å². The molecule has 1 heterocycles. The zero-order chi connectivity index (χ0) is 32.6. The maximum atomic E-state index is 13.4. The maximum absolute atomic E-state index is 13.4. The Hall–Kier alpha value is -3.90. The molecular formula is C30H41F3N4O6. The van der Waals surface area contributed by atoms with Crippen molar-refractivity contribution in [1.29, 1.82) is 0 Å². The number of anilines is 1. The van der Waals surface area contributed by atoms with E-state index in [0.717, 1.165) is 12.1 Å². The second-order valence-electron chi connectivity index (χ2n) is 11.9. The Morgan fingerprint density at radius 2 is 1.21 bits per heavy atom. The molecule has 0 unspecified atom stereocenters. The Labute approximate surface area is 248 Å². The molecule has 238 valence electrons. The molecule has 0 spiro atoms.